The number of methoxy groups -OCH3 is 1. The molecule has 0 spiro atoms. The number of hydrogen-bond donors (Lipinski definition) is 0. The fraction of sp³-hybridized carbons (Fsp3) is 0.846. The van der Waals surface area contributed by atoms with Gasteiger partial charge in [-0.25, -0.2) is 0 Å². The van der Waals surface area contributed by atoms with E-state index in [-0.39, 0.29) is 35.7 Å². The molecule has 0 radical (unpaired) electrons. The molecule has 0 saturated carbocycles. The summed E-state index contributed by atoms with van der Waals surface area (Å²) in [5, 5.41) is 0. The Kier molecular flexibility index (Phi) is 3.90. The monoisotopic (exact) mass is 255 g/mol. The maximum atomic E-state index is 12.3. The van der Waals surface area contributed by atoms with Crippen LogP contribution in [0.15, 0.2) is 0 Å². The molecular weight excluding hydrogens is 234 g/mol. The van der Waals surface area contributed by atoms with Crippen LogP contribution in [0.2, 0.25) is 0 Å². The number of likely N-dealkylation sites (tertiary alicyclic amines) is 1. The number of hydrogen-bond acceptors (Lipinski definition) is 4. The Morgan fingerprint density at radius 3 is 2.56 bits per heavy atom. The average Bonchev–Trinajstić information content (AvgIpc) is 2.94. The quantitative estimate of drug-likeness (QED) is 0.681. The summed E-state index contributed by atoms with van der Waals surface area (Å²) >= 11 is 0. The van der Waals surface area contributed by atoms with Crippen LogP contribution < -0.4 is 0 Å². The Bertz CT molecular complexity index is 344. The first kappa shape index (κ1) is 13.3. The molecule has 5 heteroatoms. The van der Waals surface area contributed by atoms with Crippen LogP contribution in [0, 0.1) is 17.8 Å². The number of carbonyl (C=O) groups is 2. The highest BCUT2D eigenvalue weighted by atomic mass is 16.5. The van der Waals surface area contributed by atoms with Crippen LogP contribution in [-0.4, -0.2) is 49.7 Å². The summed E-state index contributed by atoms with van der Waals surface area (Å²) in [5.74, 6) is -0.144. The molecule has 1 amide bonds. The van der Waals surface area contributed by atoms with Gasteiger partial charge in [-0.05, 0) is 19.3 Å². The molecule has 0 aliphatic carbocycles. The molecule has 0 aromatic carbocycles. The summed E-state index contributed by atoms with van der Waals surface area (Å²) in [7, 11) is 1.39. The van der Waals surface area contributed by atoms with Crippen molar-refractivity contribution in [3.05, 3.63) is 0 Å². The van der Waals surface area contributed by atoms with Crippen LogP contribution >= 0.6 is 0 Å². The molecule has 0 aromatic rings. The molecular formula is C13H21NO4. The van der Waals surface area contributed by atoms with Crippen molar-refractivity contribution in [3.8, 4) is 0 Å². The van der Waals surface area contributed by atoms with Crippen LogP contribution in [0.3, 0.4) is 0 Å². The van der Waals surface area contributed by atoms with E-state index in [0.29, 0.717) is 19.7 Å². The Morgan fingerprint density at radius 1 is 1.28 bits per heavy atom. The Balaban J connectivity index is 1.95. The van der Waals surface area contributed by atoms with E-state index in [1.165, 1.54) is 7.11 Å². The number of nitrogens with zero attached hydrogens (tertiary/aromatic N) is 1. The minimum Gasteiger partial charge on any atom is -0.469 e. The first-order valence-electron chi connectivity index (χ1n) is 6.51. The number of ether oxygens (including phenoxy) is 2. The molecule has 2 aliphatic rings. The largest absolute Gasteiger partial charge is 0.469 e. The molecule has 2 fully saturated rings. The Labute approximate surface area is 107 Å². The molecule has 5 nitrogen and oxygen atoms in total. The third kappa shape index (κ3) is 2.51. The average molecular weight is 255 g/mol. The lowest BCUT2D eigenvalue weighted by Gasteiger charge is -2.19. The minimum atomic E-state index is -0.214. The lowest BCUT2D eigenvalue weighted by molar-refractivity contribution is -0.146. The number of carbonyl (C=O) groups excluding carboxylic acids is 2. The molecule has 0 bridgehead atoms. The van der Waals surface area contributed by atoms with E-state index in [9.17, 15) is 9.59 Å². The van der Waals surface area contributed by atoms with E-state index < -0.39 is 0 Å². The van der Waals surface area contributed by atoms with Gasteiger partial charge in [0.25, 0.3) is 0 Å². The molecule has 2 heterocycles. The molecule has 2 rings (SSSR count). The zero-order chi connectivity index (χ0) is 13.3. The molecule has 2 saturated heterocycles. The van der Waals surface area contributed by atoms with Crippen molar-refractivity contribution in [2.75, 3.05) is 26.8 Å². The standard InChI is InChI=1S/C13H21NO4/c1-8-5-14(6-11(8)13(16)17-3)12(15)10-4-9(2)18-7-10/h8-11H,4-7H2,1-3H3. The van der Waals surface area contributed by atoms with Gasteiger partial charge in [0, 0.05) is 13.1 Å². The predicted molar refractivity (Wildman–Crippen MR) is 64.8 cm³/mol. The molecule has 4 atom stereocenters. The molecule has 18 heavy (non-hydrogen) atoms. The maximum Gasteiger partial charge on any atom is 0.310 e. The molecule has 2 aliphatic heterocycles. The second-order valence-electron chi connectivity index (χ2n) is 5.43. The number of esters is 1. The first-order chi connectivity index (χ1) is 8.52. The highest BCUT2D eigenvalue weighted by molar-refractivity contribution is 5.81. The van der Waals surface area contributed by atoms with Crippen molar-refractivity contribution in [3.63, 3.8) is 0 Å². The fourth-order valence-electron chi connectivity index (χ4n) is 2.85. The van der Waals surface area contributed by atoms with Crippen LogP contribution in [0.1, 0.15) is 20.3 Å². The zero-order valence-electron chi connectivity index (χ0n) is 11.2. The van der Waals surface area contributed by atoms with Crippen molar-refractivity contribution < 1.29 is 19.1 Å². The predicted octanol–water partition coefficient (Wildman–Crippen LogP) is 0.679. The van der Waals surface area contributed by atoms with Crippen LogP contribution in [0.4, 0.5) is 0 Å². The van der Waals surface area contributed by atoms with Crippen molar-refractivity contribution >= 4 is 11.9 Å². The molecule has 0 aromatic heterocycles. The smallest absolute Gasteiger partial charge is 0.310 e. The topological polar surface area (TPSA) is 55.8 Å². The van der Waals surface area contributed by atoms with Gasteiger partial charge in [-0.3, -0.25) is 9.59 Å². The van der Waals surface area contributed by atoms with Gasteiger partial charge in [-0.2, -0.15) is 0 Å². The van der Waals surface area contributed by atoms with E-state index in [2.05, 4.69) is 0 Å². The van der Waals surface area contributed by atoms with Gasteiger partial charge < -0.3 is 14.4 Å². The van der Waals surface area contributed by atoms with E-state index in [4.69, 9.17) is 9.47 Å². The van der Waals surface area contributed by atoms with Gasteiger partial charge in [-0.15, -0.1) is 0 Å². The highest BCUT2D eigenvalue weighted by Crippen LogP contribution is 2.28. The van der Waals surface area contributed by atoms with Crippen LogP contribution in [-0.2, 0) is 19.1 Å². The lowest BCUT2D eigenvalue weighted by Crippen LogP contribution is -2.35. The minimum absolute atomic E-state index is 0.0383. The normalized spacial score (nSPS) is 35.8. The maximum absolute atomic E-state index is 12.3. The SMILES string of the molecule is COC(=O)C1CN(C(=O)C2COC(C)C2)CC1C. The van der Waals surface area contributed by atoms with E-state index in [1.54, 1.807) is 4.90 Å². The van der Waals surface area contributed by atoms with Gasteiger partial charge in [-0.1, -0.05) is 6.92 Å². The summed E-state index contributed by atoms with van der Waals surface area (Å²) in [4.78, 5) is 25.7. The van der Waals surface area contributed by atoms with Crippen molar-refractivity contribution in [2.45, 2.75) is 26.4 Å². The summed E-state index contributed by atoms with van der Waals surface area (Å²) in [6, 6.07) is 0. The van der Waals surface area contributed by atoms with E-state index in [1.807, 2.05) is 13.8 Å². The summed E-state index contributed by atoms with van der Waals surface area (Å²) in [6.07, 6.45) is 0.947. The van der Waals surface area contributed by atoms with E-state index in [0.717, 1.165) is 6.42 Å². The van der Waals surface area contributed by atoms with Gasteiger partial charge in [0.1, 0.15) is 0 Å². The van der Waals surface area contributed by atoms with Crippen molar-refractivity contribution in [1.82, 2.24) is 4.90 Å². The van der Waals surface area contributed by atoms with E-state index >= 15 is 0 Å². The van der Waals surface area contributed by atoms with Gasteiger partial charge in [0.2, 0.25) is 5.91 Å². The van der Waals surface area contributed by atoms with Crippen molar-refractivity contribution in [1.29, 1.82) is 0 Å². The third-order valence-corrected chi connectivity index (χ3v) is 3.98. The first-order valence-corrected chi connectivity index (χ1v) is 6.51. The summed E-state index contributed by atoms with van der Waals surface area (Å²) in [6.45, 7) is 5.61. The van der Waals surface area contributed by atoms with Crippen LogP contribution in [0.25, 0.3) is 0 Å². The third-order valence-electron chi connectivity index (χ3n) is 3.98. The second kappa shape index (κ2) is 5.26. The molecule has 4 unspecified atom stereocenters. The van der Waals surface area contributed by atoms with Crippen molar-refractivity contribution in [2.24, 2.45) is 17.8 Å². The van der Waals surface area contributed by atoms with Gasteiger partial charge in [0.15, 0.2) is 0 Å². The zero-order valence-corrected chi connectivity index (χ0v) is 11.2. The molecule has 0 N–H and O–H groups in total. The second-order valence-corrected chi connectivity index (χ2v) is 5.43. The highest BCUT2D eigenvalue weighted by Gasteiger charge is 2.40. The fourth-order valence-corrected chi connectivity index (χ4v) is 2.85. The van der Waals surface area contributed by atoms with Gasteiger partial charge >= 0.3 is 5.97 Å². The summed E-state index contributed by atoms with van der Waals surface area (Å²) in [5.41, 5.74) is 0. The molecule has 102 valence electrons. The lowest BCUT2D eigenvalue weighted by atomic mass is 9.99. The number of amides is 1. The summed E-state index contributed by atoms with van der Waals surface area (Å²) < 4.78 is 10.2. The Hall–Kier alpha value is -1.10. The number of rotatable bonds is 2. The Morgan fingerprint density at radius 2 is 2.00 bits per heavy atom. The van der Waals surface area contributed by atoms with Crippen LogP contribution in [0.5, 0.6) is 0 Å². The van der Waals surface area contributed by atoms with Gasteiger partial charge in [0.05, 0.1) is 31.7 Å².